The summed E-state index contributed by atoms with van der Waals surface area (Å²) in [4.78, 5) is 26.6. The standard InChI is InChI=1S/C23H27BrN2O4S2/c1-4-29-22(28)19-15-6-5-7-18(15)32-21(19)26-23(31)25-20(27)16-12-14(24)8-9-17(16)30-11-10-13(2)3/h8-9,12-13H,4-7,10-11H2,1-3H3,(H2,25,26,27,31). The smallest absolute Gasteiger partial charge is 0.341 e. The highest BCUT2D eigenvalue weighted by molar-refractivity contribution is 9.10. The predicted octanol–water partition coefficient (Wildman–Crippen LogP) is 5.73. The Kier molecular flexibility index (Phi) is 8.67. The summed E-state index contributed by atoms with van der Waals surface area (Å²) in [6.07, 6.45) is 3.69. The van der Waals surface area contributed by atoms with Gasteiger partial charge in [-0.2, -0.15) is 0 Å². The molecule has 1 aliphatic carbocycles. The zero-order valence-corrected chi connectivity index (χ0v) is 21.6. The van der Waals surface area contributed by atoms with E-state index in [1.807, 2.05) is 6.07 Å². The summed E-state index contributed by atoms with van der Waals surface area (Å²) in [5, 5.41) is 6.48. The van der Waals surface area contributed by atoms with Gasteiger partial charge in [0, 0.05) is 9.35 Å². The summed E-state index contributed by atoms with van der Waals surface area (Å²) in [6.45, 7) is 6.83. The Hall–Kier alpha value is -1.97. The van der Waals surface area contributed by atoms with Crippen molar-refractivity contribution in [3.8, 4) is 5.75 Å². The van der Waals surface area contributed by atoms with Crippen molar-refractivity contribution in [2.75, 3.05) is 18.5 Å². The highest BCUT2D eigenvalue weighted by Crippen LogP contribution is 2.39. The second kappa shape index (κ2) is 11.2. The number of aryl methyl sites for hydroxylation is 1. The Morgan fingerprint density at radius 2 is 2.06 bits per heavy atom. The van der Waals surface area contributed by atoms with Crippen LogP contribution in [0, 0.1) is 5.92 Å². The Morgan fingerprint density at radius 1 is 1.28 bits per heavy atom. The highest BCUT2D eigenvalue weighted by atomic mass is 79.9. The number of esters is 1. The van der Waals surface area contributed by atoms with Gasteiger partial charge in [0.2, 0.25) is 0 Å². The van der Waals surface area contributed by atoms with Crippen molar-refractivity contribution in [2.45, 2.75) is 46.5 Å². The lowest BCUT2D eigenvalue weighted by Crippen LogP contribution is -2.34. The Bertz CT molecular complexity index is 1020. The molecular formula is C23H27BrN2O4S2. The highest BCUT2D eigenvalue weighted by Gasteiger charge is 2.28. The predicted molar refractivity (Wildman–Crippen MR) is 135 cm³/mol. The Labute approximate surface area is 206 Å². The molecule has 1 amide bonds. The van der Waals surface area contributed by atoms with E-state index in [0.29, 0.717) is 41.0 Å². The maximum Gasteiger partial charge on any atom is 0.341 e. The Morgan fingerprint density at radius 3 is 2.78 bits per heavy atom. The van der Waals surface area contributed by atoms with Gasteiger partial charge in [0.05, 0.1) is 24.3 Å². The molecule has 0 spiro atoms. The minimum atomic E-state index is -0.384. The van der Waals surface area contributed by atoms with Crippen molar-refractivity contribution in [3.05, 3.63) is 44.2 Å². The number of amides is 1. The molecule has 1 aromatic heterocycles. The number of hydrogen-bond acceptors (Lipinski definition) is 6. The fourth-order valence-corrected chi connectivity index (χ4v) is 5.33. The summed E-state index contributed by atoms with van der Waals surface area (Å²) in [5.41, 5.74) is 1.94. The maximum atomic E-state index is 12.9. The van der Waals surface area contributed by atoms with Crippen LogP contribution in [0.1, 0.15) is 64.8 Å². The molecule has 0 aliphatic heterocycles. The number of fused-ring (bicyclic) bond motifs is 1. The van der Waals surface area contributed by atoms with Crippen molar-refractivity contribution in [3.63, 3.8) is 0 Å². The molecule has 1 aromatic carbocycles. The molecule has 0 radical (unpaired) electrons. The molecule has 3 rings (SSSR count). The fraction of sp³-hybridized carbons (Fsp3) is 0.435. The number of nitrogens with one attached hydrogen (secondary N) is 2. The zero-order valence-electron chi connectivity index (χ0n) is 18.4. The molecule has 0 saturated heterocycles. The molecule has 2 aromatic rings. The molecule has 0 bridgehead atoms. The molecular weight excluding hydrogens is 512 g/mol. The topological polar surface area (TPSA) is 76.7 Å². The van der Waals surface area contributed by atoms with Crippen molar-refractivity contribution < 1.29 is 19.1 Å². The van der Waals surface area contributed by atoms with Gasteiger partial charge in [-0.15, -0.1) is 11.3 Å². The van der Waals surface area contributed by atoms with Gasteiger partial charge in [0.15, 0.2) is 5.11 Å². The van der Waals surface area contributed by atoms with Gasteiger partial charge in [-0.25, -0.2) is 4.79 Å². The lowest BCUT2D eigenvalue weighted by molar-refractivity contribution is 0.0527. The van der Waals surface area contributed by atoms with Crippen molar-refractivity contribution in [1.29, 1.82) is 0 Å². The normalized spacial score (nSPS) is 12.4. The van der Waals surface area contributed by atoms with Gasteiger partial charge < -0.3 is 14.8 Å². The molecule has 32 heavy (non-hydrogen) atoms. The molecule has 2 N–H and O–H groups in total. The van der Waals surface area contributed by atoms with Crippen LogP contribution in [0.4, 0.5) is 5.00 Å². The van der Waals surface area contributed by atoms with Gasteiger partial charge in [-0.1, -0.05) is 29.8 Å². The quantitative estimate of drug-likeness (QED) is 0.330. The van der Waals surface area contributed by atoms with Gasteiger partial charge in [-0.3, -0.25) is 10.1 Å². The van der Waals surface area contributed by atoms with Crippen molar-refractivity contribution in [1.82, 2.24) is 5.32 Å². The second-order valence-corrected chi connectivity index (χ2v) is 10.3. The number of benzene rings is 1. The van der Waals surface area contributed by atoms with Crippen molar-refractivity contribution in [2.24, 2.45) is 5.92 Å². The van der Waals surface area contributed by atoms with Gasteiger partial charge in [0.1, 0.15) is 10.8 Å². The summed E-state index contributed by atoms with van der Waals surface area (Å²) < 4.78 is 11.8. The first kappa shape index (κ1) is 24.7. The van der Waals surface area contributed by atoms with E-state index in [0.717, 1.165) is 40.6 Å². The monoisotopic (exact) mass is 538 g/mol. The van der Waals surface area contributed by atoms with Crippen LogP contribution in [0.5, 0.6) is 5.75 Å². The number of anilines is 1. The van der Waals surface area contributed by atoms with E-state index in [1.165, 1.54) is 11.3 Å². The molecule has 1 aliphatic rings. The SMILES string of the molecule is CCOC(=O)c1c(NC(=S)NC(=O)c2cc(Br)ccc2OCCC(C)C)sc2c1CCC2. The molecule has 0 saturated carbocycles. The zero-order chi connectivity index (χ0) is 23.3. The lowest BCUT2D eigenvalue weighted by atomic mass is 10.1. The first-order valence-corrected chi connectivity index (χ1v) is 12.7. The van der Waals surface area contributed by atoms with Crippen LogP contribution in [0.15, 0.2) is 22.7 Å². The third-order valence-electron chi connectivity index (χ3n) is 4.99. The van der Waals surface area contributed by atoms with Crippen LogP contribution in [0.2, 0.25) is 0 Å². The van der Waals surface area contributed by atoms with Crippen molar-refractivity contribution >= 4 is 61.5 Å². The van der Waals surface area contributed by atoms with Crippen LogP contribution < -0.4 is 15.4 Å². The first-order valence-electron chi connectivity index (χ1n) is 10.7. The maximum absolute atomic E-state index is 12.9. The number of rotatable bonds is 8. The summed E-state index contributed by atoms with van der Waals surface area (Å²) in [7, 11) is 0. The van der Waals surface area contributed by atoms with Crippen LogP contribution in [0.25, 0.3) is 0 Å². The van der Waals surface area contributed by atoms with Crippen LogP contribution in [0.3, 0.4) is 0 Å². The third kappa shape index (κ3) is 6.08. The number of ether oxygens (including phenoxy) is 2. The van der Waals surface area contributed by atoms with E-state index in [4.69, 9.17) is 21.7 Å². The summed E-state index contributed by atoms with van der Waals surface area (Å²) in [5.74, 6) is 0.249. The van der Waals surface area contributed by atoms with Crippen LogP contribution >= 0.6 is 39.5 Å². The van der Waals surface area contributed by atoms with Crippen LogP contribution in [-0.2, 0) is 17.6 Å². The van der Waals surface area contributed by atoms with Gasteiger partial charge in [-0.05, 0) is 74.5 Å². The fourth-order valence-electron chi connectivity index (χ4n) is 3.43. The largest absolute Gasteiger partial charge is 0.493 e. The van der Waals surface area contributed by atoms with E-state index >= 15 is 0 Å². The minimum absolute atomic E-state index is 0.119. The summed E-state index contributed by atoms with van der Waals surface area (Å²) >= 11 is 10.3. The lowest BCUT2D eigenvalue weighted by Gasteiger charge is -2.14. The number of hydrogen-bond donors (Lipinski definition) is 2. The molecule has 0 atom stereocenters. The Balaban J connectivity index is 1.73. The van der Waals surface area contributed by atoms with Gasteiger partial charge in [0.25, 0.3) is 5.91 Å². The molecule has 172 valence electrons. The number of carbonyl (C=O) groups excluding carboxylic acids is 2. The molecule has 0 fully saturated rings. The number of thiocarbonyl (C=S) groups is 1. The molecule has 6 nitrogen and oxygen atoms in total. The van der Waals surface area contributed by atoms with E-state index in [2.05, 4.69) is 40.4 Å². The third-order valence-corrected chi connectivity index (χ3v) is 6.90. The van der Waals surface area contributed by atoms with Gasteiger partial charge >= 0.3 is 5.97 Å². The molecule has 1 heterocycles. The molecule has 0 unspecified atom stereocenters. The second-order valence-electron chi connectivity index (χ2n) is 7.86. The minimum Gasteiger partial charge on any atom is -0.493 e. The van der Waals surface area contributed by atoms with Crippen LogP contribution in [-0.4, -0.2) is 30.2 Å². The number of halogens is 1. The average molecular weight is 540 g/mol. The van der Waals surface area contributed by atoms with E-state index in [1.54, 1.807) is 19.1 Å². The average Bonchev–Trinajstić information content (AvgIpc) is 3.29. The first-order chi connectivity index (χ1) is 15.3. The number of carbonyl (C=O) groups is 2. The van der Waals surface area contributed by atoms with E-state index < -0.39 is 0 Å². The number of thiophene rings is 1. The summed E-state index contributed by atoms with van der Waals surface area (Å²) in [6, 6.07) is 5.29. The van der Waals surface area contributed by atoms with E-state index in [-0.39, 0.29) is 17.0 Å². The van der Waals surface area contributed by atoms with E-state index in [9.17, 15) is 9.59 Å². The molecule has 9 heteroatoms.